The van der Waals surface area contributed by atoms with Crippen molar-refractivity contribution in [2.24, 2.45) is 0 Å². The highest BCUT2D eigenvalue weighted by Crippen LogP contribution is 2.19. The second kappa shape index (κ2) is 6.29. The van der Waals surface area contributed by atoms with E-state index in [0.717, 1.165) is 0 Å². The molecule has 0 atom stereocenters. The smallest absolute Gasteiger partial charge is 0.317 e. The number of likely N-dealkylation sites (N-methyl/N-ethyl adjacent to an activating group) is 1. The number of aliphatic carboxylic acids is 1. The van der Waals surface area contributed by atoms with Gasteiger partial charge in [0.25, 0.3) is 0 Å². The van der Waals surface area contributed by atoms with Crippen LogP contribution in [0.2, 0.25) is 0 Å². The number of carbonyl (C=O) groups is 1. The molecule has 106 valence electrons. The van der Waals surface area contributed by atoms with Crippen molar-refractivity contribution in [1.29, 1.82) is 0 Å². The molecule has 0 aliphatic rings. The summed E-state index contributed by atoms with van der Waals surface area (Å²) >= 11 is 0. The Hall–Kier alpha value is -2.21. The minimum Gasteiger partial charge on any atom is -0.480 e. The van der Waals surface area contributed by atoms with Crippen LogP contribution in [-0.4, -0.2) is 34.0 Å². The molecule has 0 aliphatic heterocycles. The van der Waals surface area contributed by atoms with Gasteiger partial charge in [0.15, 0.2) is 0 Å². The van der Waals surface area contributed by atoms with Crippen LogP contribution in [0.3, 0.4) is 0 Å². The number of carboxylic acid groups (broad SMARTS) is 1. The fraction of sp³-hybridized carbons (Fsp3) is 0.286. The highest BCUT2D eigenvalue weighted by atomic mass is 19.1. The van der Waals surface area contributed by atoms with Crippen molar-refractivity contribution in [3.8, 4) is 11.5 Å². The van der Waals surface area contributed by atoms with Crippen LogP contribution in [0, 0.1) is 5.82 Å². The van der Waals surface area contributed by atoms with Crippen LogP contribution in [-0.2, 0) is 11.3 Å². The SMILES string of the molecule is CCN(CC(=O)O)Cc1coc(-c2ccc(F)cc2)n1. The third-order valence-corrected chi connectivity index (χ3v) is 2.83. The number of benzene rings is 1. The number of nitrogens with zero attached hydrogens (tertiary/aromatic N) is 2. The Kier molecular flexibility index (Phi) is 4.47. The van der Waals surface area contributed by atoms with E-state index in [4.69, 9.17) is 9.52 Å². The predicted molar refractivity (Wildman–Crippen MR) is 70.5 cm³/mol. The summed E-state index contributed by atoms with van der Waals surface area (Å²) in [5.74, 6) is -0.806. The second-order valence-corrected chi connectivity index (χ2v) is 4.35. The molecule has 0 saturated carbocycles. The molecule has 20 heavy (non-hydrogen) atoms. The summed E-state index contributed by atoms with van der Waals surface area (Å²) in [5.41, 5.74) is 1.33. The van der Waals surface area contributed by atoms with Crippen molar-refractivity contribution in [3.63, 3.8) is 0 Å². The number of carboxylic acids is 1. The molecule has 1 aromatic carbocycles. The Labute approximate surface area is 115 Å². The molecule has 1 N–H and O–H groups in total. The summed E-state index contributed by atoms with van der Waals surface area (Å²) in [6, 6.07) is 5.84. The maximum atomic E-state index is 12.8. The third-order valence-electron chi connectivity index (χ3n) is 2.83. The predicted octanol–water partition coefficient (Wildman–Crippen LogP) is 2.39. The molecule has 0 saturated heterocycles. The first-order chi connectivity index (χ1) is 9.58. The first kappa shape index (κ1) is 14.2. The van der Waals surface area contributed by atoms with E-state index in [9.17, 15) is 9.18 Å². The van der Waals surface area contributed by atoms with E-state index in [0.29, 0.717) is 30.2 Å². The normalized spacial score (nSPS) is 10.9. The lowest BCUT2D eigenvalue weighted by Crippen LogP contribution is -2.29. The Balaban J connectivity index is 2.08. The molecule has 0 fully saturated rings. The first-order valence-corrected chi connectivity index (χ1v) is 6.23. The molecule has 1 heterocycles. The van der Waals surface area contributed by atoms with Crippen LogP contribution >= 0.6 is 0 Å². The van der Waals surface area contributed by atoms with Crippen molar-refractivity contribution in [2.45, 2.75) is 13.5 Å². The summed E-state index contributed by atoms with van der Waals surface area (Å²) in [7, 11) is 0. The lowest BCUT2D eigenvalue weighted by atomic mass is 10.2. The third kappa shape index (κ3) is 3.64. The van der Waals surface area contributed by atoms with E-state index < -0.39 is 5.97 Å². The molecule has 0 radical (unpaired) electrons. The van der Waals surface area contributed by atoms with Crippen LogP contribution in [0.15, 0.2) is 34.9 Å². The molecule has 5 nitrogen and oxygen atoms in total. The van der Waals surface area contributed by atoms with Gasteiger partial charge in [-0.05, 0) is 30.8 Å². The van der Waals surface area contributed by atoms with Crippen LogP contribution < -0.4 is 0 Å². The molecule has 0 amide bonds. The van der Waals surface area contributed by atoms with Gasteiger partial charge in [-0.15, -0.1) is 0 Å². The minimum atomic E-state index is -0.880. The summed E-state index contributed by atoms with van der Waals surface area (Å²) in [5, 5.41) is 8.78. The largest absolute Gasteiger partial charge is 0.480 e. The molecule has 1 aromatic heterocycles. The topological polar surface area (TPSA) is 66.6 Å². The van der Waals surface area contributed by atoms with Gasteiger partial charge in [0, 0.05) is 12.1 Å². The van der Waals surface area contributed by atoms with Crippen molar-refractivity contribution in [3.05, 3.63) is 42.0 Å². The zero-order valence-corrected chi connectivity index (χ0v) is 11.0. The molecular formula is C14H15FN2O3. The molecule has 0 bridgehead atoms. The molecule has 0 unspecified atom stereocenters. The van der Waals surface area contributed by atoms with Gasteiger partial charge < -0.3 is 9.52 Å². The Morgan fingerprint density at radius 2 is 2.10 bits per heavy atom. The Morgan fingerprint density at radius 3 is 2.70 bits per heavy atom. The van der Waals surface area contributed by atoms with E-state index in [-0.39, 0.29) is 12.4 Å². The lowest BCUT2D eigenvalue weighted by molar-refractivity contribution is -0.138. The van der Waals surface area contributed by atoms with Crippen LogP contribution in [0.4, 0.5) is 4.39 Å². The number of rotatable bonds is 6. The highest BCUT2D eigenvalue weighted by molar-refractivity contribution is 5.69. The summed E-state index contributed by atoms with van der Waals surface area (Å²) in [6.45, 7) is 2.83. The fourth-order valence-electron chi connectivity index (χ4n) is 1.80. The van der Waals surface area contributed by atoms with Gasteiger partial charge in [0.1, 0.15) is 12.1 Å². The number of aromatic nitrogens is 1. The molecule has 6 heteroatoms. The first-order valence-electron chi connectivity index (χ1n) is 6.23. The summed E-state index contributed by atoms with van der Waals surface area (Å²) < 4.78 is 18.2. The van der Waals surface area contributed by atoms with E-state index in [1.807, 2.05) is 6.92 Å². The molecule has 0 aliphatic carbocycles. The van der Waals surface area contributed by atoms with E-state index in [1.54, 1.807) is 17.0 Å². The quantitative estimate of drug-likeness (QED) is 0.878. The standard InChI is InChI=1S/C14H15FN2O3/c1-2-17(8-13(18)19)7-12-9-20-14(16-12)10-3-5-11(15)6-4-10/h3-6,9H,2,7-8H2,1H3,(H,18,19). The van der Waals surface area contributed by atoms with Crippen molar-refractivity contribution >= 4 is 5.97 Å². The van der Waals surface area contributed by atoms with Crippen LogP contribution in [0.5, 0.6) is 0 Å². The van der Waals surface area contributed by atoms with E-state index in [1.165, 1.54) is 18.4 Å². The summed E-state index contributed by atoms with van der Waals surface area (Å²) in [6.07, 6.45) is 1.49. The maximum absolute atomic E-state index is 12.8. The average Bonchev–Trinajstić information content (AvgIpc) is 2.87. The lowest BCUT2D eigenvalue weighted by Gasteiger charge is -2.15. The van der Waals surface area contributed by atoms with Gasteiger partial charge in [-0.25, -0.2) is 9.37 Å². The van der Waals surface area contributed by atoms with E-state index >= 15 is 0 Å². The molecule has 0 spiro atoms. The molecule has 2 aromatic rings. The van der Waals surface area contributed by atoms with Crippen molar-refractivity contribution in [2.75, 3.05) is 13.1 Å². The minimum absolute atomic E-state index is 0.0464. The molecule has 2 rings (SSSR count). The zero-order valence-electron chi connectivity index (χ0n) is 11.0. The highest BCUT2D eigenvalue weighted by Gasteiger charge is 2.12. The van der Waals surface area contributed by atoms with E-state index in [2.05, 4.69) is 4.98 Å². The average molecular weight is 278 g/mol. The fourth-order valence-corrected chi connectivity index (χ4v) is 1.80. The Morgan fingerprint density at radius 1 is 1.40 bits per heavy atom. The van der Waals surface area contributed by atoms with Gasteiger partial charge in [0.05, 0.1) is 12.2 Å². The maximum Gasteiger partial charge on any atom is 0.317 e. The van der Waals surface area contributed by atoms with Gasteiger partial charge in [0.2, 0.25) is 5.89 Å². The number of hydrogen-bond donors (Lipinski definition) is 1. The summed E-state index contributed by atoms with van der Waals surface area (Å²) in [4.78, 5) is 16.7. The molecular weight excluding hydrogens is 263 g/mol. The van der Waals surface area contributed by atoms with Crippen molar-refractivity contribution in [1.82, 2.24) is 9.88 Å². The van der Waals surface area contributed by atoms with Gasteiger partial charge in [-0.2, -0.15) is 0 Å². The number of halogens is 1. The zero-order chi connectivity index (χ0) is 14.5. The Bertz CT molecular complexity index is 580. The van der Waals surface area contributed by atoms with Crippen LogP contribution in [0.25, 0.3) is 11.5 Å². The van der Waals surface area contributed by atoms with Crippen molar-refractivity contribution < 1.29 is 18.7 Å². The van der Waals surface area contributed by atoms with Crippen LogP contribution in [0.1, 0.15) is 12.6 Å². The second-order valence-electron chi connectivity index (χ2n) is 4.35. The van der Waals surface area contributed by atoms with Gasteiger partial charge >= 0.3 is 5.97 Å². The van der Waals surface area contributed by atoms with Gasteiger partial charge in [-0.1, -0.05) is 6.92 Å². The van der Waals surface area contributed by atoms with Gasteiger partial charge in [-0.3, -0.25) is 9.69 Å². The number of hydrogen-bond acceptors (Lipinski definition) is 4. The number of oxazole rings is 1. The monoisotopic (exact) mass is 278 g/mol.